The summed E-state index contributed by atoms with van der Waals surface area (Å²) in [6.45, 7) is 1.16. The van der Waals surface area contributed by atoms with Gasteiger partial charge in [0.05, 0.1) is 25.0 Å². The van der Waals surface area contributed by atoms with E-state index >= 15 is 0 Å². The van der Waals surface area contributed by atoms with Crippen molar-refractivity contribution in [1.82, 2.24) is 16.0 Å². The van der Waals surface area contributed by atoms with Crippen molar-refractivity contribution in [1.29, 1.82) is 0 Å². The number of nitrogens with one attached hydrogen (secondary N) is 3. The molecule has 14 heteroatoms. The van der Waals surface area contributed by atoms with E-state index in [-0.39, 0.29) is 6.42 Å². The molecule has 0 bridgehead atoms. The Morgan fingerprint density at radius 1 is 0.800 bits per heavy atom. The van der Waals surface area contributed by atoms with Gasteiger partial charge in [-0.15, -0.1) is 0 Å². The summed E-state index contributed by atoms with van der Waals surface area (Å²) >= 11 is 0. The number of hydrogen-bond donors (Lipinski definition) is 8. The summed E-state index contributed by atoms with van der Waals surface area (Å²) in [5, 5.41) is 43.3. The van der Waals surface area contributed by atoms with Gasteiger partial charge >= 0.3 is 17.9 Å². The first-order chi connectivity index (χ1) is 16.3. The van der Waals surface area contributed by atoms with Crippen molar-refractivity contribution in [3.05, 3.63) is 35.9 Å². The van der Waals surface area contributed by atoms with Crippen LogP contribution in [0.4, 0.5) is 0 Å². The van der Waals surface area contributed by atoms with Crippen LogP contribution in [0.2, 0.25) is 0 Å². The molecule has 5 unspecified atom stereocenters. The largest absolute Gasteiger partial charge is 0.481 e. The normalized spacial score (nSPS) is 14.9. The molecule has 0 heterocycles. The molecule has 5 atom stereocenters. The lowest BCUT2D eigenvalue weighted by molar-refractivity contribution is -0.147. The molecule has 192 valence electrons. The highest BCUT2D eigenvalue weighted by Crippen LogP contribution is 2.06. The lowest BCUT2D eigenvalue weighted by Gasteiger charge is -2.26. The van der Waals surface area contributed by atoms with Gasteiger partial charge in [-0.25, -0.2) is 4.79 Å². The van der Waals surface area contributed by atoms with Crippen LogP contribution < -0.4 is 21.7 Å². The first kappa shape index (κ1) is 29.0. The molecule has 0 aliphatic heterocycles. The number of nitrogens with two attached hydrogens (primary N) is 1. The Hall–Kier alpha value is -4.04. The Morgan fingerprint density at radius 3 is 1.83 bits per heavy atom. The Kier molecular flexibility index (Phi) is 11.3. The first-order valence-electron chi connectivity index (χ1n) is 10.4. The van der Waals surface area contributed by atoms with Gasteiger partial charge in [-0.3, -0.25) is 24.0 Å². The van der Waals surface area contributed by atoms with Gasteiger partial charge in [0.15, 0.2) is 0 Å². The van der Waals surface area contributed by atoms with Gasteiger partial charge < -0.3 is 42.1 Å². The third-order valence-electron chi connectivity index (χ3n) is 4.70. The van der Waals surface area contributed by atoms with E-state index in [2.05, 4.69) is 16.0 Å². The van der Waals surface area contributed by atoms with Crippen LogP contribution >= 0.6 is 0 Å². The molecule has 0 aliphatic carbocycles. The highest BCUT2D eigenvalue weighted by atomic mass is 16.4. The second kappa shape index (κ2) is 13.6. The molecule has 35 heavy (non-hydrogen) atoms. The van der Waals surface area contributed by atoms with Crippen LogP contribution in [0.15, 0.2) is 30.3 Å². The summed E-state index contributed by atoms with van der Waals surface area (Å²) in [7, 11) is 0. The summed E-state index contributed by atoms with van der Waals surface area (Å²) in [5.74, 6) is -7.54. The Morgan fingerprint density at radius 2 is 1.34 bits per heavy atom. The van der Waals surface area contributed by atoms with E-state index in [1.54, 1.807) is 30.3 Å². The molecule has 3 amide bonds. The molecule has 0 fully saturated rings. The number of aliphatic carboxylic acids is 3. The summed E-state index contributed by atoms with van der Waals surface area (Å²) in [6.07, 6.45) is -3.29. The third kappa shape index (κ3) is 10.2. The fourth-order valence-electron chi connectivity index (χ4n) is 2.91. The molecular weight excluding hydrogens is 468 g/mol. The summed E-state index contributed by atoms with van der Waals surface area (Å²) in [5.41, 5.74) is 6.02. The zero-order chi connectivity index (χ0) is 26.7. The number of rotatable bonds is 14. The monoisotopic (exact) mass is 496 g/mol. The smallest absolute Gasteiger partial charge is 0.326 e. The number of carboxylic acid groups (broad SMARTS) is 3. The number of aliphatic hydroxyl groups excluding tert-OH is 1. The molecule has 1 aromatic rings. The van der Waals surface area contributed by atoms with Crippen molar-refractivity contribution in [3.63, 3.8) is 0 Å². The maximum atomic E-state index is 12.8. The number of carbonyl (C=O) groups excluding carboxylic acids is 3. The highest BCUT2D eigenvalue weighted by molar-refractivity contribution is 5.95. The number of aliphatic hydroxyl groups is 1. The van der Waals surface area contributed by atoms with Crippen molar-refractivity contribution < 1.29 is 49.2 Å². The minimum absolute atomic E-state index is 0.142. The Balaban J connectivity index is 3.10. The number of benzene rings is 1. The van der Waals surface area contributed by atoms with Gasteiger partial charge in [0.1, 0.15) is 18.1 Å². The average Bonchev–Trinajstić information content (AvgIpc) is 2.75. The third-order valence-corrected chi connectivity index (χ3v) is 4.70. The van der Waals surface area contributed by atoms with Crippen molar-refractivity contribution in [3.8, 4) is 0 Å². The van der Waals surface area contributed by atoms with Gasteiger partial charge in [0.2, 0.25) is 17.7 Å². The minimum atomic E-state index is -1.78. The number of carbonyl (C=O) groups is 6. The number of amides is 3. The Labute approximate surface area is 199 Å². The molecule has 1 aromatic carbocycles. The second-order valence-corrected chi connectivity index (χ2v) is 7.68. The highest BCUT2D eigenvalue weighted by Gasteiger charge is 2.33. The molecule has 9 N–H and O–H groups in total. The number of carboxylic acids is 3. The zero-order valence-electron chi connectivity index (χ0n) is 18.7. The van der Waals surface area contributed by atoms with Crippen LogP contribution in [0.3, 0.4) is 0 Å². The molecule has 0 aliphatic rings. The molecule has 0 aromatic heterocycles. The lowest BCUT2D eigenvalue weighted by atomic mass is 10.0. The van der Waals surface area contributed by atoms with Crippen LogP contribution in [0.5, 0.6) is 0 Å². The van der Waals surface area contributed by atoms with Crippen LogP contribution in [0, 0.1) is 0 Å². The molecule has 0 saturated carbocycles. The second-order valence-electron chi connectivity index (χ2n) is 7.68. The van der Waals surface area contributed by atoms with Crippen molar-refractivity contribution >= 4 is 35.6 Å². The van der Waals surface area contributed by atoms with E-state index in [4.69, 9.17) is 15.9 Å². The molecule has 0 saturated heterocycles. The molecule has 0 spiro atoms. The first-order valence-corrected chi connectivity index (χ1v) is 10.4. The van der Waals surface area contributed by atoms with Gasteiger partial charge in [0.25, 0.3) is 0 Å². The average molecular weight is 496 g/mol. The number of hydrogen-bond acceptors (Lipinski definition) is 8. The fourth-order valence-corrected chi connectivity index (χ4v) is 2.91. The van der Waals surface area contributed by atoms with Crippen LogP contribution in [-0.2, 0) is 35.2 Å². The molecular formula is C21H28N4O10. The van der Waals surface area contributed by atoms with Gasteiger partial charge in [-0.1, -0.05) is 30.3 Å². The van der Waals surface area contributed by atoms with E-state index in [1.165, 1.54) is 0 Å². The van der Waals surface area contributed by atoms with Crippen molar-refractivity contribution in [2.45, 2.75) is 56.5 Å². The maximum absolute atomic E-state index is 12.8. The lowest BCUT2D eigenvalue weighted by Crippen LogP contribution is -2.60. The van der Waals surface area contributed by atoms with E-state index in [0.717, 1.165) is 6.92 Å². The molecule has 1 rings (SSSR count). The van der Waals surface area contributed by atoms with Crippen molar-refractivity contribution in [2.24, 2.45) is 5.73 Å². The van der Waals surface area contributed by atoms with Gasteiger partial charge in [-0.05, 0) is 12.5 Å². The SMILES string of the molecule is CC(O)C(NC(=O)C(N)CC(=O)O)C(=O)NC(Cc1ccccc1)C(=O)NC(CC(=O)O)C(=O)O. The van der Waals surface area contributed by atoms with Crippen molar-refractivity contribution in [2.75, 3.05) is 0 Å². The topological polar surface area (TPSA) is 245 Å². The van der Waals surface area contributed by atoms with Crippen LogP contribution in [0.25, 0.3) is 0 Å². The zero-order valence-corrected chi connectivity index (χ0v) is 18.7. The van der Waals surface area contributed by atoms with E-state index < -0.39 is 78.7 Å². The molecule has 14 nitrogen and oxygen atoms in total. The molecule has 0 radical (unpaired) electrons. The van der Waals surface area contributed by atoms with E-state index in [1.807, 2.05) is 0 Å². The van der Waals surface area contributed by atoms with Crippen LogP contribution in [-0.4, -0.2) is 86.3 Å². The van der Waals surface area contributed by atoms with Gasteiger partial charge in [-0.2, -0.15) is 0 Å². The Bertz CT molecular complexity index is 937. The van der Waals surface area contributed by atoms with Gasteiger partial charge in [0, 0.05) is 6.42 Å². The predicted molar refractivity (Wildman–Crippen MR) is 118 cm³/mol. The fraction of sp³-hybridized carbons (Fsp3) is 0.429. The predicted octanol–water partition coefficient (Wildman–Crippen LogP) is -2.57. The van der Waals surface area contributed by atoms with E-state index in [9.17, 15) is 39.0 Å². The van der Waals surface area contributed by atoms with Crippen LogP contribution in [0.1, 0.15) is 25.3 Å². The summed E-state index contributed by atoms with van der Waals surface area (Å²) in [4.78, 5) is 70.8. The quantitative estimate of drug-likeness (QED) is 0.133. The summed E-state index contributed by atoms with van der Waals surface area (Å²) < 4.78 is 0. The van der Waals surface area contributed by atoms with E-state index in [0.29, 0.717) is 5.56 Å². The maximum Gasteiger partial charge on any atom is 0.326 e. The standard InChI is InChI=1S/C21H28N4O10/c1-10(26)17(25-18(31)12(22)8-15(27)28)20(33)23-13(7-11-5-3-2-4-6-11)19(32)24-14(21(34)35)9-16(29)30/h2-6,10,12-14,17,26H,7-9,22H2,1H3,(H,23,33)(H,24,32)(H,25,31)(H,27,28)(H,29,30)(H,34,35). The summed E-state index contributed by atoms with van der Waals surface area (Å²) in [6, 6.07) is 1.89. The minimum Gasteiger partial charge on any atom is -0.481 e.